The van der Waals surface area contributed by atoms with Crippen LogP contribution in [0, 0.1) is 6.92 Å². The van der Waals surface area contributed by atoms with Crippen LogP contribution in [0.15, 0.2) is 24.3 Å². The van der Waals surface area contributed by atoms with E-state index in [2.05, 4.69) is 4.84 Å². The standard InChI is InChI=1S/C9H13NO2/c1-8-3-2-4-9(7-8)11-5-6-12-10/h2-4,7H,5-6,10H2,1H3. The molecular formula is C9H13NO2. The van der Waals surface area contributed by atoms with Crippen LogP contribution in [0.3, 0.4) is 0 Å². The molecular weight excluding hydrogens is 154 g/mol. The number of benzene rings is 1. The molecule has 2 N–H and O–H groups in total. The fourth-order valence-electron chi connectivity index (χ4n) is 0.913. The van der Waals surface area contributed by atoms with Crippen molar-refractivity contribution in [2.45, 2.75) is 6.92 Å². The molecule has 3 nitrogen and oxygen atoms in total. The molecule has 0 unspecified atom stereocenters. The summed E-state index contributed by atoms with van der Waals surface area (Å²) < 4.78 is 5.32. The lowest BCUT2D eigenvalue weighted by molar-refractivity contribution is 0.102. The van der Waals surface area contributed by atoms with E-state index in [4.69, 9.17) is 10.6 Å². The molecule has 12 heavy (non-hydrogen) atoms. The number of nitrogens with two attached hydrogens (primary N) is 1. The summed E-state index contributed by atoms with van der Waals surface area (Å²) in [6.45, 7) is 2.92. The Morgan fingerprint density at radius 3 is 2.83 bits per heavy atom. The highest BCUT2D eigenvalue weighted by atomic mass is 16.6. The first-order valence-electron chi connectivity index (χ1n) is 3.84. The summed E-state index contributed by atoms with van der Waals surface area (Å²) in [5.74, 6) is 5.70. The van der Waals surface area contributed by atoms with E-state index in [1.807, 2.05) is 31.2 Å². The Balaban J connectivity index is 2.41. The van der Waals surface area contributed by atoms with E-state index in [9.17, 15) is 0 Å². The Kier molecular flexibility index (Phi) is 3.57. The lowest BCUT2D eigenvalue weighted by atomic mass is 10.2. The summed E-state index contributed by atoms with van der Waals surface area (Å²) in [7, 11) is 0. The zero-order valence-corrected chi connectivity index (χ0v) is 7.12. The molecule has 1 aromatic carbocycles. The number of rotatable bonds is 4. The van der Waals surface area contributed by atoms with Gasteiger partial charge in [0.05, 0.1) is 0 Å². The first-order valence-corrected chi connectivity index (χ1v) is 3.84. The smallest absolute Gasteiger partial charge is 0.119 e. The van der Waals surface area contributed by atoms with Gasteiger partial charge in [-0.05, 0) is 24.6 Å². The van der Waals surface area contributed by atoms with Crippen LogP contribution in [0.25, 0.3) is 0 Å². The molecule has 66 valence electrons. The van der Waals surface area contributed by atoms with Crippen molar-refractivity contribution in [2.75, 3.05) is 13.2 Å². The second-order valence-electron chi connectivity index (χ2n) is 2.54. The minimum Gasteiger partial charge on any atom is -0.491 e. The van der Waals surface area contributed by atoms with Crippen LogP contribution in [0.4, 0.5) is 0 Å². The van der Waals surface area contributed by atoms with Crippen molar-refractivity contribution in [1.82, 2.24) is 0 Å². The van der Waals surface area contributed by atoms with Gasteiger partial charge in [-0.1, -0.05) is 12.1 Å². The topological polar surface area (TPSA) is 44.5 Å². The molecule has 0 aliphatic rings. The van der Waals surface area contributed by atoms with Gasteiger partial charge in [-0.3, -0.25) is 0 Å². The number of hydrogen-bond acceptors (Lipinski definition) is 3. The Bertz CT molecular complexity index is 238. The van der Waals surface area contributed by atoms with Crippen molar-refractivity contribution in [3.8, 4) is 5.75 Å². The van der Waals surface area contributed by atoms with Gasteiger partial charge in [-0.15, -0.1) is 0 Å². The second kappa shape index (κ2) is 4.74. The minimum absolute atomic E-state index is 0.411. The highest BCUT2D eigenvalue weighted by molar-refractivity contribution is 5.27. The summed E-state index contributed by atoms with van der Waals surface area (Å²) in [5.41, 5.74) is 1.18. The fourth-order valence-corrected chi connectivity index (χ4v) is 0.913. The lowest BCUT2D eigenvalue weighted by Crippen LogP contribution is -2.09. The van der Waals surface area contributed by atoms with Crippen LogP contribution >= 0.6 is 0 Å². The van der Waals surface area contributed by atoms with Gasteiger partial charge in [0.2, 0.25) is 0 Å². The van der Waals surface area contributed by atoms with E-state index >= 15 is 0 Å². The molecule has 0 radical (unpaired) electrons. The Labute approximate surface area is 72.0 Å². The summed E-state index contributed by atoms with van der Waals surface area (Å²) in [5, 5.41) is 0. The first-order chi connectivity index (χ1) is 5.83. The number of hydrogen-bond donors (Lipinski definition) is 1. The van der Waals surface area contributed by atoms with E-state index in [-0.39, 0.29) is 0 Å². The van der Waals surface area contributed by atoms with Gasteiger partial charge in [0.25, 0.3) is 0 Å². The zero-order chi connectivity index (χ0) is 8.81. The Morgan fingerprint density at radius 2 is 2.17 bits per heavy atom. The van der Waals surface area contributed by atoms with Crippen molar-refractivity contribution in [3.63, 3.8) is 0 Å². The fraction of sp³-hybridized carbons (Fsp3) is 0.333. The molecule has 0 heterocycles. The Hall–Kier alpha value is -1.06. The maximum absolute atomic E-state index is 5.32. The molecule has 0 spiro atoms. The largest absolute Gasteiger partial charge is 0.491 e. The molecule has 0 atom stereocenters. The quantitative estimate of drug-likeness (QED) is 0.542. The Morgan fingerprint density at radius 1 is 1.33 bits per heavy atom. The molecule has 3 heteroatoms. The predicted octanol–water partition coefficient (Wildman–Crippen LogP) is 1.26. The molecule has 0 aliphatic carbocycles. The third-order valence-corrected chi connectivity index (χ3v) is 1.46. The van der Waals surface area contributed by atoms with Crippen molar-refractivity contribution in [3.05, 3.63) is 29.8 Å². The summed E-state index contributed by atoms with van der Waals surface area (Å²) in [6, 6.07) is 7.85. The third kappa shape index (κ3) is 2.90. The lowest BCUT2D eigenvalue weighted by Gasteiger charge is -2.04. The molecule has 0 fully saturated rings. The first kappa shape index (κ1) is 9.03. The highest BCUT2D eigenvalue weighted by Crippen LogP contribution is 2.11. The van der Waals surface area contributed by atoms with Gasteiger partial charge >= 0.3 is 0 Å². The maximum atomic E-state index is 5.32. The summed E-state index contributed by atoms with van der Waals surface area (Å²) in [6.07, 6.45) is 0. The zero-order valence-electron chi connectivity index (χ0n) is 7.12. The van der Waals surface area contributed by atoms with Crippen LogP contribution in [-0.4, -0.2) is 13.2 Å². The number of aryl methyl sites for hydroxylation is 1. The molecule has 0 aromatic heterocycles. The second-order valence-corrected chi connectivity index (χ2v) is 2.54. The van der Waals surface area contributed by atoms with Gasteiger partial charge in [-0.25, -0.2) is 5.90 Å². The van der Waals surface area contributed by atoms with E-state index in [0.717, 1.165) is 5.75 Å². The van der Waals surface area contributed by atoms with Crippen LogP contribution in [0.5, 0.6) is 5.75 Å². The molecule has 0 saturated carbocycles. The normalized spacial score (nSPS) is 9.83. The van der Waals surface area contributed by atoms with Crippen LogP contribution < -0.4 is 10.6 Å². The van der Waals surface area contributed by atoms with E-state index in [1.165, 1.54) is 5.56 Å². The SMILES string of the molecule is Cc1cccc(OCCON)c1. The van der Waals surface area contributed by atoms with Crippen molar-refractivity contribution < 1.29 is 9.57 Å². The van der Waals surface area contributed by atoms with Crippen LogP contribution in [0.1, 0.15) is 5.56 Å². The maximum Gasteiger partial charge on any atom is 0.119 e. The number of ether oxygens (including phenoxy) is 1. The highest BCUT2D eigenvalue weighted by Gasteiger charge is 1.92. The molecule has 1 rings (SSSR count). The van der Waals surface area contributed by atoms with Gasteiger partial charge in [0.15, 0.2) is 0 Å². The average molecular weight is 167 g/mol. The molecule has 0 aliphatic heterocycles. The minimum atomic E-state index is 0.411. The molecule has 0 amide bonds. The summed E-state index contributed by atoms with van der Waals surface area (Å²) in [4.78, 5) is 4.37. The van der Waals surface area contributed by atoms with Crippen molar-refractivity contribution in [1.29, 1.82) is 0 Å². The van der Waals surface area contributed by atoms with Crippen molar-refractivity contribution in [2.24, 2.45) is 5.90 Å². The third-order valence-electron chi connectivity index (χ3n) is 1.46. The monoisotopic (exact) mass is 167 g/mol. The summed E-state index contributed by atoms with van der Waals surface area (Å²) >= 11 is 0. The van der Waals surface area contributed by atoms with E-state index in [0.29, 0.717) is 13.2 Å². The van der Waals surface area contributed by atoms with Gasteiger partial charge in [0, 0.05) is 0 Å². The predicted molar refractivity (Wildman–Crippen MR) is 46.8 cm³/mol. The molecule has 1 aromatic rings. The van der Waals surface area contributed by atoms with E-state index in [1.54, 1.807) is 0 Å². The van der Waals surface area contributed by atoms with Gasteiger partial charge in [0.1, 0.15) is 19.0 Å². The molecule has 0 saturated heterocycles. The van der Waals surface area contributed by atoms with Crippen molar-refractivity contribution >= 4 is 0 Å². The van der Waals surface area contributed by atoms with Crippen LogP contribution in [-0.2, 0) is 4.84 Å². The van der Waals surface area contributed by atoms with Crippen LogP contribution in [0.2, 0.25) is 0 Å². The van der Waals surface area contributed by atoms with Gasteiger partial charge in [-0.2, -0.15) is 0 Å². The van der Waals surface area contributed by atoms with E-state index < -0.39 is 0 Å². The molecule has 0 bridgehead atoms. The van der Waals surface area contributed by atoms with Gasteiger partial charge < -0.3 is 9.57 Å². The average Bonchev–Trinajstić information content (AvgIpc) is 2.05.